The summed E-state index contributed by atoms with van der Waals surface area (Å²) in [5.74, 6) is 0.172. The molecular weight excluding hydrogens is 315 g/mol. The van der Waals surface area contributed by atoms with Crippen molar-refractivity contribution in [3.05, 3.63) is 51.9 Å². The fourth-order valence-corrected chi connectivity index (χ4v) is 1.93. The first-order chi connectivity index (χ1) is 7.74. The second-order valence-electron chi connectivity index (χ2n) is 3.56. The van der Waals surface area contributed by atoms with Crippen molar-refractivity contribution < 1.29 is 4.79 Å². The molecule has 0 saturated heterocycles. The van der Waals surface area contributed by atoms with E-state index in [2.05, 4.69) is 27.7 Å². The number of carbonyl (C=O) groups excluding carboxylic acids is 1. The molecule has 82 valence electrons. The molecular formula is C12H11IN2O. The van der Waals surface area contributed by atoms with Gasteiger partial charge < -0.3 is 0 Å². The van der Waals surface area contributed by atoms with Crippen LogP contribution in [0, 0.1) is 3.57 Å². The van der Waals surface area contributed by atoms with Crippen LogP contribution in [0.5, 0.6) is 0 Å². The van der Waals surface area contributed by atoms with Crippen molar-refractivity contribution in [1.82, 2.24) is 9.78 Å². The first-order valence-electron chi connectivity index (χ1n) is 4.97. The van der Waals surface area contributed by atoms with Gasteiger partial charge in [0.05, 0.1) is 16.3 Å². The number of Topliss-reactive ketones (excluding diaryl/α,β-unsaturated/α-hetero) is 1. The zero-order valence-electron chi connectivity index (χ0n) is 8.64. The molecule has 4 heteroatoms. The smallest absolute Gasteiger partial charge is 0.158 e. The van der Waals surface area contributed by atoms with Crippen molar-refractivity contribution >= 4 is 28.4 Å². The van der Waals surface area contributed by atoms with Crippen LogP contribution in [-0.4, -0.2) is 15.6 Å². The fourth-order valence-electron chi connectivity index (χ4n) is 1.48. The molecule has 0 fully saturated rings. The molecule has 0 aliphatic heterocycles. The third-order valence-electron chi connectivity index (χ3n) is 2.18. The van der Waals surface area contributed by atoms with Crippen molar-refractivity contribution in [2.24, 2.45) is 0 Å². The zero-order chi connectivity index (χ0) is 11.4. The van der Waals surface area contributed by atoms with E-state index in [9.17, 15) is 4.79 Å². The molecule has 1 aromatic heterocycles. The van der Waals surface area contributed by atoms with E-state index in [0.717, 1.165) is 9.13 Å². The number of halogens is 1. The summed E-state index contributed by atoms with van der Waals surface area (Å²) in [5.41, 5.74) is 1.05. The Hall–Kier alpha value is -1.17. The third-order valence-corrected chi connectivity index (χ3v) is 2.74. The first kappa shape index (κ1) is 11.3. The summed E-state index contributed by atoms with van der Waals surface area (Å²) in [7, 11) is 0. The number of benzene rings is 1. The molecule has 0 spiro atoms. The summed E-state index contributed by atoms with van der Waals surface area (Å²) in [4.78, 5) is 11.7. The summed E-state index contributed by atoms with van der Waals surface area (Å²) in [6, 6.07) is 9.76. The average molecular weight is 326 g/mol. The number of hydrogen-bond acceptors (Lipinski definition) is 2. The molecule has 0 aliphatic rings. The van der Waals surface area contributed by atoms with Gasteiger partial charge in [-0.3, -0.25) is 9.48 Å². The van der Waals surface area contributed by atoms with Gasteiger partial charge in [0, 0.05) is 12.6 Å². The first-order valence-corrected chi connectivity index (χ1v) is 6.05. The highest BCUT2D eigenvalue weighted by atomic mass is 127. The SMILES string of the molecule is O=C(Cc1ccccc1)Cn1cc(I)cn1. The Balaban J connectivity index is 1.95. The monoisotopic (exact) mass is 326 g/mol. The van der Waals surface area contributed by atoms with E-state index in [1.807, 2.05) is 36.5 Å². The van der Waals surface area contributed by atoms with Crippen molar-refractivity contribution in [2.45, 2.75) is 13.0 Å². The minimum Gasteiger partial charge on any atom is -0.297 e. The highest BCUT2D eigenvalue weighted by Crippen LogP contribution is 2.04. The Morgan fingerprint density at radius 1 is 1.31 bits per heavy atom. The summed E-state index contributed by atoms with van der Waals surface area (Å²) in [6.45, 7) is 0.345. The predicted molar refractivity (Wildman–Crippen MR) is 70.1 cm³/mol. The van der Waals surface area contributed by atoms with Crippen molar-refractivity contribution in [3.63, 3.8) is 0 Å². The lowest BCUT2D eigenvalue weighted by Crippen LogP contribution is -2.12. The molecule has 1 aromatic carbocycles. The molecule has 0 amide bonds. The highest BCUT2D eigenvalue weighted by molar-refractivity contribution is 14.1. The molecule has 1 heterocycles. The molecule has 0 radical (unpaired) electrons. The van der Waals surface area contributed by atoms with Crippen LogP contribution >= 0.6 is 22.6 Å². The van der Waals surface area contributed by atoms with Crippen LogP contribution in [0.25, 0.3) is 0 Å². The normalized spacial score (nSPS) is 10.3. The number of ketones is 1. The largest absolute Gasteiger partial charge is 0.297 e. The van der Waals surface area contributed by atoms with E-state index in [-0.39, 0.29) is 5.78 Å². The Morgan fingerprint density at radius 3 is 2.69 bits per heavy atom. The second-order valence-corrected chi connectivity index (χ2v) is 4.80. The molecule has 0 aliphatic carbocycles. The molecule has 2 aromatic rings. The second kappa shape index (κ2) is 5.25. The summed E-state index contributed by atoms with van der Waals surface area (Å²) in [5, 5.41) is 4.09. The van der Waals surface area contributed by atoms with Gasteiger partial charge in [-0.05, 0) is 28.2 Å². The highest BCUT2D eigenvalue weighted by Gasteiger charge is 2.05. The standard InChI is InChI=1S/C12H11IN2O/c13-11-7-14-15(8-11)9-12(16)6-10-4-2-1-3-5-10/h1-5,7-8H,6,9H2. The number of carbonyl (C=O) groups is 1. The third kappa shape index (κ3) is 3.16. The Morgan fingerprint density at radius 2 is 2.06 bits per heavy atom. The van der Waals surface area contributed by atoms with Gasteiger partial charge in [-0.1, -0.05) is 30.3 Å². The molecule has 16 heavy (non-hydrogen) atoms. The zero-order valence-corrected chi connectivity index (χ0v) is 10.8. The minimum absolute atomic E-state index is 0.172. The van der Waals surface area contributed by atoms with Crippen LogP contribution < -0.4 is 0 Å². The van der Waals surface area contributed by atoms with Crippen LogP contribution in [0.3, 0.4) is 0 Å². The average Bonchev–Trinajstić information content (AvgIpc) is 2.65. The van der Waals surface area contributed by atoms with Crippen LogP contribution in [0.4, 0.5) is 0 Å². The maximum absolute atomic E-state index is 11.7. The molecule has 3 nitrogen and oxygen atoms in total. The van der Waals surface area contributed by atoms with Gasteiger partial charge in [0.15, 0.2) is 5.78 Å². The topological polar surface area (TPSA) is 34.9 Å². The number of rotatable bonds is 4. The van der Waals surface area contributed by atoms with Crippen molar-refractivity contribution in [2.75, 3.05) is 0 Å². The van der Waals surface area contributed by atoms with Gasteiger partial charge >= 0.3 is 0 Å². The molecule has 2 rings (SSSR count). The lowest BCUT2D eigenvalue weighted by Gasteiger charge is -2.01. The van der Waals surface area contributed by atoms with E-state index in [0.29, 0.717) is 13.0 Å². The lowest BCUT2D eigenvalue weighted by molar-refractivity contribution is -0.119. The van der Waals surface area contributed by atoms with Gasteiger partial charge in [0.25, 0.3) is 0 Å². The van der Waals surface area contributed by atoms with Crippen LogP contribution in [0.15, 0.2) is 42.7 Å². The van der Waals surface area contributed by atoms with Crippen LogP contribution in [0.2, 0.25) is 0 Å². The van der Waals surface area contributed by atoms with Gasteiger partial charge in [0.2, 0.25) is 0 Å². The predicted octanol–water partition coefficient (Wildman–Crippen LogP) is 2.30. The number of hydrogen-bond donors (Lipinski definition) is 0. The Bertz CT molecular complexity index is 479. The van der Waals surface area contributed by atoms with E-state index >= 15 is 0 Å². The molecule has 0 atom stereocenters. The summed E-state index contributed by atoms with van der Waals surface area (Å²) >= 11 is 2.18. The molecule has 0 N–H and O–H groups in total. The van der Waals surface area contributed by atoms with E-state index < -0.39 is 0 Å². The quantitative estimate of drug-likeness (QED) is 0.808. The van der Waals surface area contributed by atoms with Gasteiger partial charge in [-0.2, -0.15) is 5.10 Å². The number of aromatic nitrogens is 2. The number of nitrogens with zero attached hydrogens (tertiary/aromatic N) is 2. The van der Waals surface area contributed by atoms with E-state index in [4.69, 9.17) is 0 Å². The minimum atomic E-state index is 0.172. The summed E-state index contributed by atoms with van der Waals surface area (Å²) in [6.07, 6.45) is 4.08. The van der Waals surface area contributed by atoms with Crippen LogP contribution in [-0.2, 0) is 17.8 Å². The fraction of sp³-hybridized carbons (Fsp3) is 0.167. The van der Waals surface area contributed by atoms with E-state index in [1.165, 1.54) is 0 Å². The van der Waals surface area contributed by atoms with Gasteiger partial charge in [0.1, 0.15) is 0 Å². The molecule has 0 saturated carbocycles. The Kier molecular flexibility index (Phi) is 3.71. The lowest BCUT2D eigenvalue weighted by atomic mass is 10.1. The maximum atomic E-state index is 11.7. The Labute approximate surface area is 108 Å². The van der Waals surface area contributed by atoms with E-state index in [1.54, 1.807) is 10.9 Å². The van der Waals surface area contributed by atoms with Crippen LogP contribution in [0.1, 0.15) is 5.56 Å². The molecule has 0 unspecified atom stereocenters. The van der Waals surface area contributed by atoms with Gasteiger partial charge in [-0.25, -0.2) is 0 Å². The molecule has 0 bridgehead atoms. The maximum Gasteiger partial charge on any atom is 0.158 e. The van der Waals surface area contributed by atoms with Crippen molar-refractivity contribution in [1.29, 1.82) is 0 Å². The van der Waals surface area contributed by atoms with Crippen molar-refractivity contribution in [3.8, 4) is 0 Å². The summed E-state index contributed by atoms with van der Waals surface area (Å²) < 4.78 is 2.72. The van der Waals surface area contributed by atoms with Gasteiger partial charge in [-0.15, -0.1) is 0 Å².